The summed E-state index contributed by atoms with van der Waals surface area (Å²) in [6, 6.07) is 6.78. The molecule has 1 aliphatic rings. The average molecular weight is 296 g/mol. The zero-order chi connectivity index (χ0) is 14.4. The Bertz CT molecular complexity index is 487. The fraction of sp³-hybridized carbons (Fsp3) is 0.429. The number of rotatable bonds is 5. The van der Waals surface area contributed by atoms with Gasteiger partial charge in [-0.3, -0.25) is 9.59 Å². The molecule has 1 atom stereocenters. The highest BCUT2D eigenvalue weighted by Crippen LogP contribution is 2.14. The van der Waals surface area contributed by atoms with E-state index in [1.165, 1.54) is 0 Å². The van der Waals surface area contributed by atoms with Crippen molar-refractivity contribution in [3.8, 4) is 0 Å². The van der Waals surface area contributed by atoms with E-state index in [1.54, 1.807) is 24.3 Å². The minimum Gasteiger partial charge on any atom is -0.353 e. The van der Waals surface area contributed by atoms with Crippen LogP contribution in [0, 0.1) is 0 Å². The van der Waals surface area contributed by atoms with E-state index in [1.807, 2.05) is 0 Å². The molecule has 1 saturated heterocycles. The molecule has 0 spiro atoms. The van der Waals surface area contributed by atoms with Crippen molar-refractivity contribution >= 4 is 23.4 Å². The smallest absolute Gasteiger partial charge is 0.252 e. The molecule has 108 valence electrons. The molecule has 0 saturated carbocycles. The van der Waals surface area contributed by atoms with Gasteiger partial charge in [-0.2, -0.15) is 0 Å². The third-order valence-electron chi connectivity index (χ3n) is 3.21. The summed E-state index contributed by atoms with van der Waals surface area (Å²) in [6.07, 6.45) is 1.90. The fourth-order valence-corrected chi connectivity index (χ4v) is 2.36. The van der Waals surface area contributed by atoms with E-state index < -0.39 is 0 Å². The minimum atomic E-state index is -0.233. The predicted octanol–water partition coefficient (Wildman–Crippen LogP) is 0.938. The second kappa shape index (κ2) is 7.26. The lowest BCUT2D eigenvalue weighted by Crippen LogP contribution is -2.43. The molecule has 0 bridgehead atoms. The Labute approximate surface area is 123 Å². The van der Waals surface area contributed by atoms with Crippen LogP contribution in [0.2, 0.25) is 5.02 Å². The van der Waals surface area contributed by atoms with Gasteiger partial charge in [0.05, 0.1) is 16.6 Å². The van der Waals surface area contributed by atoms with Crippen LogP contribution in [-0.2, 0) is 4.79 Å². The summed E-state index contributed by atoms with van der Waals surface area (Å²) >= 11 is 5.93. The maximum atomic E-state index is 11.8. The van der Waals surface area contributed by atoms with Gasteiger partial charge < -0.3 is 16.0 Å². The van der Waals surface area contributed by atoms with Gasteiger partial charge in [0, 0.05) is 13.1 Å². The number of hydrogen-bond acceptors (Lipinski definition) is 3. The summed E-state index contributed by atoms with van der Waals surface area (Å²) in [5.74, 6) is -0.238. The summed E-state index contributed by atoms with van der Waals surface area (Å²) in [4.78, 5) is 23.6. The van der Waals surface area contributed by atoms with E-state index >= 15 is 0 Å². The second-order valence-corrected chi connectivity index (χ2v) is 5.08. The summed E-state index contributed by atoms with van der Waals surface area (Å²) in [5, 5.41) is 9.07. The molecule has 1 aromatic carbocycles. The van der Waals surface area contributed by atoms with Crippen molar-refractivity contribution in [1.29, 1.82) is 0 Å². The summed E-state index contributed by atoms with van der Waals surface area (Å²) in [6.45, 7) is 1.68. The van der Waals surface area contributed by atoms with E-state index in [2.05, 4.69) is 16.0 Å². The number of hydrogen-bond donors (Lipinski definition) is 3. The maximum Gasteiger partial charge on any atom is 0.252 e. The van der Waals surface area contributed by atoms with Gasteiger partial charge in [0.25, 0.3) is 5.91 Å². The first-order chi connectivity index (χ1) is 9.68. The molecule has 1 unspecified atom stereocenters. The molecule has 1 fully saturated rings. The Hall–Kier alpha value is -1.59. The molecule has 20 heavy (non-hydrogen) atoms. The first-order valence-electron chi connectivity index (χ1n) is 6.72. The fourth-order valence-electron chi connectivity index (χ4n) is 2.13. The zero-order valence-corrected chi connectivity index (χ0v) is 11.9. The van der Waals surface area contributed by atoms with Crippen LogP contribution in [0.15, 0.2) is 24.3 Å². The number of benzene rings is 1. The van der Waals surface area contributed by atoms with Gasteiger partial charge in [-0.25, -0.2) is 0 Å². The molecule has 3 N–H and O–H groups in total. The van der Waals surface area contributed by atoms with Crippen LogP contribution in [-0.4, -0.2) is 37.5 Å². The van der Waals surface area contributed by atoms with Gasteiger partial charge in [0.15, 0.2) is 0 Å². The average Bonchev–Trinajstić information content (AvgIpc) is 2.98. The van der Waals surface area contributed by atoms with E-state index in [0.29, 0.717) is 23.7 Å². The number of carbonyl (C=O) groups excluding carboxylic acids is 2. The van der Waals surface area contributed by atoms with E-state index in [4.69, 9.17) is 11.6 Å². The molecule has 1 aromatic rings. The molecular weight excluding hydrogens is 278 g/mol. The molecule has 5 nitrogen and oxygen atoms in total. The van der Waals surface area contributed by atoms with Crippen LogP contribution in [0.25, 0.3) is 0 Å². The quantitative estimate of drug-likeness (QED) is 0.708. The van der Waals surface area contributed by atoms with Gasteiger partial charge in [0.2, 0.25) is 5.91 Å². The molecule has 0 aliphatic carbocycles. The Balaban J connectivity index is 1.69. The number of carbonyl (C=O) groups is 2. The lowest BCUT2D eigenvalue weighted by Gasteiger charge is -2.11. The van der Waals surface area contributed by atoms with Crippen LogP contribution >= 0.6 is 11.6 Å². The molecular formula is C14H18ClN3O2. The van der Waals surface area contributed by atoms with Crippen molar-refractivity contribution in [3.63, 3.8) is 0 Å². The van der Waals surface area contributed by atoms with Gasteiger partial charge >= 0.3 is 0 Å². The molecule has 2 rings (SSSR count). The lowest BCUT2D eigenvalue weighted by atomic mass is 10.2. The van der Waals surface area contributed by atoms with Gasteiger partial charge in [-0.1, -0.05) is 23.7 Å². The Morgan fingerprint density at radius 1 is 1.25 bits per heavy atom. The normalized spacial score (nSPS) is 17.8. The first kappa shape index (κ1) is 14.8. The third kappa shape index (κ3) is 3.95. The van der Waals surface area contributed by atoms with Crippen molar-refractivity contribution < 1.29 is 9.59 Å². The second-order valence-electron chi connectivity index (χ2n) is 4.68. The van der Waals surface area contributed by atoms with E-state index in [0.717, 1.165) is 19.4 Å². The summed E-state index contributed by atoms with van der Waals surface area (Å²) < 4.78 is 0. The van der Waals surface area contributed by atoms with Gasteiger partial charge in [-0.05, 0) is 31.5 Å². The molecule has 1 heterocycles. The van der Waals surface area contributed by atoms with Crippen molar-refractivity contribution in [2.45, 2.75) is 18.9 Å². The number of amides is 2. The largest absolute Gasteiger partial charge is 0.353 e. The van der Waals surface area contributed by atoms with Gasteiger partial charge in [-0.15, -0.1) is 0 Å². The standard InChI is InChI=1S/C14H18ClN3O2/c15-11-5-2-1-4-10(11)13(19)17-8-9-18-14(20)12-6-3-7-16-12/h1-2,4-5,12,16H,3,6-9H2,(H,17,19)(H,18,20). The minimum absolute atomic E-state index is 0.00510. The summed E-state index contributed by atoms with van der Waals surface area (Å²) in [5.41, 5.74) is 0.443. The van der Waals surface area contributed by atoms with Crippen LogP contribution in [0.1, 0.15) is 23.2 Å². The van der Waals surface area contributed by atoms with Gasteiger partial charge in [0.1, 0.15) is 0 Å². The third-order valence-corrected chi connectivity index (χ3v) is 3.53. The SMILES string of the molecule is O=C(NCCNC(=O)C1CCCN1)c1ccccc1Cl. The van der Waals surface area contributed by atoms with Crippen molar-refractivity contribution in [3.05, 3.63) is 34.9 Å². The Morgan fingerprint density at radius 2 is 2.00 bits per heavy atom. The number of halogens is 1. The Morgan fingerprint density at radius 3 is 2.70 bits per heavy atom. The van der Waals surface area contributed by atoms with Crippen molar-refractivity contribution in [2.75, 3.05) is 19.6 Å². The predicted molar refractivity (Wildman–Crippen MR) is 77.8 cm³/mol. The Kier molecular flexibility index (Phi) is 5.38. The molecule has 0 aromatic heterocycles. The molecule has 2 amide bonds. The monoisotopic (exact) mass is 295 g/mol. The molecule has 1 aliphatic heterocycles. The van der Waals surface area contributed by atoms with Crippen LogP contribution in [0.3, 0.4) is 0 Å². The van der Waals surface area contributed by atoms with Crippen molar-refractivity contribution in [2.24, 2.45) is 0 Å². The summed E-state index contributed by atoms with van der Waals surface area (Å²) in [7, 11) is 0. The van der Waals surface area contributed by atoms with Crippen LogP contribution in [0.5, 0.6) is 0 Å². The van der Waals surface area contributed by atoms with E-state index in [9.17, 15) is 9.59 Å². The highest BCUT2D eigenvalue weighted by Gasteiger charge is 2.21. The highest BCUT2D eigenvalue weighted by atomic mass is 35.5. The topological polar surface area (TPSA) is 70.2 Å². The molecule has 6 heteroatoms. The molecule has 0 radical (unpaired) electrons. The van der Waals surface area contributed by atoms with Crippen LogP contribution < -0.4 is 16.0 Å². The van der Waals surface area contributed by atoms with Crippen molar-refractivity contribution in [1.82, 2.24) is 16.0 Å². The first-order valence-corrected chi connectivity index (χ1v) is 7.10. The maximum absolute atomic E-state index is 11.8. The highest BCUT2D eigenvalue weighted by molar-refractivity contribution is 6.33. The number of nitrogens with one attached hydrogen (secondary N) is 3. The lowest BCUT2D eigenvalue weighted by molar-refractivity contribution is -0.122. The zero-order valence-electron chi connectivity index (χ0n) is 11.1. The van der Waals surface area contributed by atoms with E-state index in [-0.39, 0.29) is 17.9 Å². The van der Waals surface area contributed by atoms with Crippen LogP contribution in [0.4, 0.5) is 0 Å².